The summed E-state index contributed by atoms with van der Waals surface area (Å²) >= 11 is 0. The Morgan fingerprint density at radius 2 is 1.47 bits per heavy atom. The maximum absolute atomic E-state index is 14.9. The molecule has 100 heavy (non-hydrogen) atoms. The number of aliphatic hydroxyl groups excluding tert-OH is 2. The van der Waals surface area contributed by atoms with Gasteiger partial charge in [0.1, 0.15) is 5.75 Å². The van der Waals surface area contributed by atoms with Crippen LogP contribution < -0.4 is 16.2 Å². The third-order valence-corrected chi connectivity index (χ3v) is 31.1. The second-order valence-corrected chi connectivity index (χ2v) is 36.6. The van der Waals surface area contributed by atoms with Gasteiger partial charge in [-0.1, -0.05) is 165 Å². The molecule has 15 unspecified atom stereocenters. The quantitative estimate of drug-likeness (QED) is 0.0340. The average molecular weight is 1420 g/mol. The smallest absolute Gasteiger partial charge is 0.165 e. The van der Waals surface area contributed by atoms with Gasteiger partial charge in [-0.3, -0.25) is 9.59 Å². The largest absolute Gasteiger partial charge is 0.508 e. The third-order valence-electron chi connectivity index (χ3n) is 25.8. The molecular formula is C84H93N3O9S4. The van der Waals surface area contributed by atoms with Crippen molar-refractivity contribution in [2.24, 2.45) is 63.2 Å². The maximum atomic E-state index is 14.9. The first-order valence-electron chi connectivity index (χ1n) is 36.6. The van der Waals surface area contributed by atoms with Crippen molar-refractivity contribution < 1.29 is 45.0 Å². The molecule has 3 saturated carbocycles. The number of hydrogen-bond acceptors (Lipinski definition) is 15. The lowest BCUT2D eigenvalue weighted by molar-refractivity contribution is -0.164. The Bertz CT molecular complexity index is 4310. The zero-order chi connectivity index (χ0) is 68.7. The number of rotatable bonds is 2. The van der Waals surface area contributed by atoms with Crippen LogP contribution in [0, 0.1) is 63.6 Å². The molecule has 6 aromatic rings. The van der Waals surface area contributed by atoms with Crippen LogP contribution >= 0.6 is 43.2 Å². The highest BCUT2D eigenvalue weighted by atomic mass is 33.1. The molecule has 1 spiro atoms. The Morgan fingerprint density at radius 1 is 0.690 bits per heavy atom. The number of aromatic nitrogens is 1. The molecule has 3 fully saturated rings. The van der Waals surface area contributed by atoms with E-state index >= 15 is 0 Å². The van der Waals surface area contributed by atoms with Gasteiger partial charge in [0, 0.05) is 76.9 Å². The first kappa shape index (κ1) is 68.5. The van der Waals surface area contributed by atoms with Gasteiger partial charge in [0.05, 0.1) is 48.4 Å². The molecule has 0 saturated heterocycles. The normalized spacial score (nSPS) is 34.0. The van der Waals surface area contributed by atoms with Crippen molar-refractivity contribution in [3.63, 3.8) is 0 Å². The number of phenols is 2. The summed E-state index contributed by atoms with van der Waals surface area (Å²) in [6.45, 7) is 0.189. The van der Waals surface area contributed by atoms with Crippen molar-refractivity contribution in [3.05, 3.63) is 218 Å². The number of Topliss-reactive ketones (excluding diaryl/α,β-unsaturated/α-hetero) is 1. The minimum Gasteiger partial charge on any atom is -0.508 e. The molecule has 12 nitrogen and oxygen atoms in total. The first-order valence-corrected chi connectivity index (χ1v) is 41.5. The van der Waals surface area contributed by atoms with Gasteiger partial charge in [-0.25, -0.2) is 0 Å². The molecule has 22 bridgehead atoms. The fraction of sp³-hybridized carbons (Fsp3) is 0.476. The van der Waals surface area contributed by atoms with Crippen LogP contribution in [-0.2, 0) is 55.5 Å². The van der Waals surface area contributed by atoms with Gasteiger partial charge in [-0.2, -0.15) is 0 Å². The van der Waals surface area contributed by atoms with Crippen molar-refractivity contribution in [1.82, 2.24) is 4.98 Å². The molecule has 9 aliphatic carbocycles. The minimum absolute atomic E-state index is 0.000280. The monoisotopic (exact) mass is 1420 g/mol. The van der Waals surface area contributed by atoms with Crippen molar-refractivity contribution in [3.8, 4) is 29.1 Å². The number of fused-ring (bicyclic) bond motifs is 18. The number of benzene rings is 5. The topological polar surface area (TPSA) is 233 Å². The first-order chi connectivity index (χ1) is 48.4. The van der Waals surface area contributed by atoms with Gasteiger partial charge in [0.25, 0.3) is 0 Å². The number of carbonyl (C=O) groups is 2. The maximum Gasteiger partial charge on any atom is 0.165 e. The molecule has 5 aromatic carbocycles. The Labute approximate surface area is 603 Å². The Morgan fingerprint density at radius 3 is 2.31 bits per heavy atom. The number of phenolic OH excluding ortho intramolecular Hbond substituents is 2. The van der Waals surface area contributed by atoms with Gasteiger partial charge in [-0.15, -0.1) is 0 Å². The van der Waals surface area contributed by atoms with E-state index in [1.807, 2.05) is 35.1 Å². The second-order valence-electron chi connectivity index (χ2n) is 31.5. The van der Waals surface area contributed by atoms with Gasteiger partial charge in [0.2, 0.25) is 0 Å². The number of aromatic amines is 1. The lowest BCUT2D eigenvalue weighted by atomic mass is 9.49. The van der Waals surface area contributed by atoms with Crippen LogP contribution in [0.3, 0.4) is 0 Å². The summed E-state index contributed by atoms with van der Waals surface area (Å²) in [6.07, 6.45) is 25.5. The summed E-state index contributed by atoms with van der Waals surface area (Å²) in [4.78, 5) is 32.8. The van der Waals surface area contributed by atoms with Gasteiger partial charge in [0.15, 0.2) is 23.1 Å². The number of H-pyrrole nitrogens is 1. The van der Waals surface area contributed by atoms with Gasteiger partial charge < -0.3 is 51.8 Å². The molecule has 0 radical (unpaired) electrons. The number of carbonyl (C=O) groups excluding carboxylic acids is 2. The molecule has 522 valence electrons. The van der Waals surface area contributed by atoms with E-state index in [0.717, 1.165) is 97.1 Å². The van der Waals surface area contributed by atoms with E-state index in [0.29, 0.717) is 85.3 Å². The number of aryl methyl sites for hydroxylation is 4. The second kappa shape index (κ2) is 27.6. The number of aliphatic hydroxyl groups is 4. The van der Waals surface area contributed by atoms with Crippen molar-refractivity contribution in [2.45, 2.75) is 168 Å². The van der Waals surface area contributed by atoms with Gasteiger partial charge in [-0.05, 0) is 227 Å². The predicted octanol–water partition coefficient (Wildman–Crippen LogP) is 14.2. The van der Waals surface area contributed by atoms with E-state index in [1.54, 1.807) is 68.9 Å². The van der Waals surface area contributed by atoms with Crippen molar-refractivity contribution in [2.75, 3.05) is 24.7 Å². The fourth-order valence-electron chi connectivity index (χ4n) is 20.8. The highest BCUT2D eigenvalue weighted by Crippen LogP contribution is 2.72. The predicted molar refractivity (Wildman–Crippen MR) is 401 cm³/mol. The van der Waals surface area contributed by atoms with Crippen LogP contribution in [0.1, 0.15) is 178 Å². The lowest BCUT2D eigenvalue weighted by Crippen LogP contribution is -2.57. The summed E-state index contributed by atoms with van der Waals surface area (Å²) in [6, 6.07) is 32.7. The SMILES string of the molecule is NC(N)c1cc2c3cc1CSSCC1CC4(C=CC(=O)CCc5ccc(O)c(c5)OCCc5ccc(O)c(c5)C3CC(=O)c3cc[nH]c3CC#C2)CC1(O)C1C=CC4CC23C=CC45CC6CCCC(CCc7ccc(cc7)CCc7ccc(c(c7)CC24)C(CO)C5CSS1)C(O)C(O)(C6)C3. The standard InChI is InChI=1S/C84H93N3O9S4/c85-79(86)66-36-57-5-2-6-71-64(26-31-87-71)74(92)39-67-65(57)37-59(66)45-97-98-46-61-43-80(28-25-62(89)20-14-53-17-23-73(91)75(35-53)96-32-27-54-16-22-72(90)68(67)34-54)49-84(61,95)77-24-19-60(80)42-81-29-30-82-40-55-3-1-4-56(78(93)83(94,41-55)48-81)18-13-51-9-7-50(8-10-51)11-12-52-15-21-63(58(33-52)38-76(81)82)69(44-88)70(82)47-99-100-77/h7-10,15-17,19,21-26,28-31,33-37,55-56,60-61,67,69-70,76-79,87-88,90-91,93-95H,1,3-4,6,11-14,18,20,27,32,38-49,85-86H2. The Kier molecular flexibility index (Phi) is 18.9. The number of allylic oxidation sites excluding steroid dienone is 5. The van der Waals surface area contributed by atoms with Crippen LogP contribution in [0.15, 0.2) is 140 Å². The number of nitrogens with two attached hydrogens (primary N) is 2. The van der Waals surface area contributed by atoms with E-state index in [4.69, 9.17) is 16.2 Å². The molecule has 16 heteroatoms. The number of ether oxygens (including phenoxy) is 1. The van der Waals surface area contributed by atoms with E-state index in [9.17, 15) is 40.2 Å². The number of nitrogens with one attached hydrogen (secondary N) is 1. The zero-order valence-electron chi connectivity index (χ0n) is 56.8. The summed E-state index contributed by atoms with van der Waals surface area (Å²) < 4.78 is 6.35. The third kappa shape index (κ3) is 12.7. The summed E-state index contributed by atoms with van der Waals surface area (Å²) in [5.74, 6) is 7.60. The molecule has 17 rings (SSSR count). The van der Waals surface area contributed by atoms with Crippen molar-refractivity contribution >= 4 is 54.7 Å². The number of aromatic hydroxyl groups is 2. The Balaban J connectivity index is 0.814. The van der Waals surface area contributed by atoms with Crippen LogP contribution in [0.5, 0.6) is 17.2 Å². The highest BCUT2D eigenvalue weighted by Gasteiger charge is 2.67. The number of hydrogen-bond donors (Lipinski definition) is 9. The molecule has 11 N–H and O–H groups in total. The van der Waals surface area contributed by atoms with Crippen LogP contribution in [0.2, 0.25) is 0 Å². The summed E-state index contributed by atoms with van der Waals surface area (Å²) in [7, 11) is 7.00. The summed E-state index contributed by atoms with van der Waals surface area (Å²) in [5, 5.41) is 76.8. The fourth-order valence-corrected chi connectivity index (χ4v) is 26.7. The van der Waals surface area contributed by atoms with E-state index in [-0.39, 0.29) is 101 Å². The van der Waals surface area contributed by atoms with E-state index in [2.05, 4.69) is 95.7 Å². The van der Waals surface area contributed by atoms with Crippen LogP contribution in [0.25, 0.3) is 0 Å². The molecule has 3 heterocycles. The van der Waals surface area contributed by atoms with E-state index < -0.39 is 40.2 Å². The molecule has 15 atom stereocenters. The Hall–Kier alpha value is -5.94. The average Bonchev–Trinajstić information content (AvgIpc) is 1.51. The number of ketones is 2. The van der Waals surface area contributed by atoms with Crippen LogP contribution in [0.4, 0.5) is 0 Å². The molecule has 2 aliphatic heterocycles. The minimum atomic E-state index is -1.41. The molecule has 0 amide bonds. The van der Waals surface area contributed by atoms with Crippen molar-refractivity contribution in [1.29, 1.82) is 0 Å². The summed E-state index contributed by atoms with van der Waals surface area (Å²) in [5.41, 5.74) is 22.0. The van der Waals surface area contributed by atoms with Gasteiger partial charge >= 0.3 is 0 Å². The molecule has 11 aliphatic rings. The molecular weight excluding hydrogens is 1320 g/mol. The highest BCUT2D eigenvalue weighted by molar-refractivity contribution is 8.77. The van der Waals surface area contributed by atoms with Crippen LogP contribution in [-0.4, -0.2) is 94.5 Å². The lowest BCUT2D eigenvalue weighted by Gasteiger charge is -2.57. The zero-order valence-corrected chi connectivity index (χ0v) is 60.1. The molecule has 1 aromatic heterocycles. The van der Waals surface area contributed by atoms with E-state index in [1.165, 1.54) is 27.8 Å².